The number of piperidine rings is 1. The first-order valence-corrected chi connectivity index (χ1v) is 9.99. The van der Waals surface area contributed by atoms with Gasteiger partial charge in [-0.25, -0.2) is 0 Å². The normalized spacial score (nSPS) is 19.1. The van der Waals surface area contributed by atoms with E-state index in [0.717, 1.165) is 6.42 Å². The maximum atomic E-state index is 12.6. The largest absolute Gasteiger partial charge is 0.369 e. The lowest BCUT2D eigenvalue weighted by molar-refractivity contribution is -0.127. The van der Waals surface area contributed by atoms with Crippen LogP contribution < -0.4 is 16.4 Å². The Labute approximate surface area is 179 Å². The number of nitrogens with one attached hydrogen (secondary N) is 2. The first kappa shape index (κ1) is 21.7. The van der Waals surface area contributed by atoms with Gasteiger partial charge in [0.2, 0.25) is 17.7 Å². The van der Waals surface area contributed by atoms with E-state index in [4.69, 9.17) is 17.3 Å². The minimum Gasteiger partial charge on any atom is -0.369 e. The number of rotatable bonds is 6. The second-order valence-electron chi connectivity index (χ2n) is 7.40. The Balaban J connectivity index is 1.68. The predicted octanol–water partition coefficient (Wildman–Crippen LogP) is 2.15. The fourth-order valence-corrected chi connectivity index (χ4v) is 3.98. The molecule has 9 heteroatoms. The van der Waals surface area contributed by atoms with Crippen LogP contribution >= 0.6 is 11.6 Å². The number of nitrogens with two attached hydrogens (primary N) is 1. The molecule has 158 valence electrons. The molecule has 3 rings (SSSR count). The zero-order valence-electron chi connectivity index (χ0n) is 16.7. The zero-order chi connectivity index (χ0) is 21.7. The number of nitrogens with zero attached hydrogens (tertiary/aromatic N) is 2. The number of carbonyl (C=O) groups excluding carboxylic acids is 3. The molecule has 1 atom stereocenters. The minimum absolute atomic E-state index is 0.0889. The number of hydrogen-bond acceptors (Lipinski definition) is 5. The van der Waals surface area contributed by atoms with Crippen molar-refractivity contribution in [2.75, 3.05) is 30.3 Å². The standard InChI is InChI=1S/C21H24ClN5O3/c1-14(28)25-15-6-7-17(16(22)11-15)26-19(29)12-27-10-4-8-21(13-27,20(23)30)18-5-2-3-9-24-18/h2-3,5-7,9,11H,4,8,10,12-13H2,1H3,(H2,23,30)(H,25,28)(H,26,29). The molecule has 4 N–H and O–H groups in total. The van der Waals surface area contributed by atoms with Crippen LogP contribution in [0.3, 0.4) is 0 Å². The Morgan fingerprint density at radius 3 is 2.67 bits per heavy atom. The summed E-state index contributed by atoms with van der Waals surface area (Å²) in [4.78, 5) is 42.3. The molecule has 8 nitrogen and oxygen atoms in total. The van der Waals surface area contributed by atoms with E-state index in [9.17, 15) is 14.4 Å². The van der Waals surface area contributed by atoms with Crippen molar-refractivity contribution in [3.8, 4) is 0 Å². The Hall–Kier alpha value is -2.97. The Bertz CT molecular complexity index is 953. The van der Waals surface area contributed by atoms with Gasteiger partial charge in [-0.2, -0.15) is 0 Å². The number of benzene rings is 1. The molecule has 0 radical (unpaired) electrons. The van der Waals surface area contributed by atoms with Crippen molar-refractivity contribution in [3.05, 3.63) is 53.3 Å². The summed E-state index contributed by atoms with van der Waals surface area (Å²) in [6.45, 7) is 2.48. The molecule has 1 aliphatic heterocycles. The second-order valence-corrected chi connectivity index (χ2v) is 7.81. The lowest BCUT2D eigenvalue weighted by Crippen LogP contribution is -2.55. The molecule has 0 aliphatic carbocycles. The molecule has 2 aromatic rings. The number of carbonyl (C=O) groups is 3. The van der Waals surface area contributed by atoms with Crippen LogP contribution in [0.15, 0.2) is 42.6 Å². The third-order valence-corrected chi connectivity index (χ3v) is 5.44. The maximum Gasteiger partial charge on any atom is 0.238 e. The quantitative estimate of drug-likeness (QED) is 0.650. The average Bonchev–Trinajstić information content (AvgIpc) is 2.70. The first-order valence-electron chi connectivity index (χ1n) is 9.61. The van der Waals surface area contributed by atoms with Crippen LogP contribution in [0.5, 0.6) is 0 Å². The van der Waals surface area contributed by atoms with Crippen molar-refractivity contribution < 1.29 is 14.4 Å². The van der Waals surface area contributed by atoms with Gasteiger partial charge in [0.15, 0.2) is 0 Å². The molecular weight excluding hydrogens is 406 g/mol. The number of amides is 3. The van der Waals surface area contributed by atoms with Crippen LogP contribution in [0.1, 0.15) is 25.5 Å². The van der Waals surface area contributed by atoms with Crippen LogP contribution in [0.4, 0.5) is 11.4 Å². The summed E-state index contributed by atoms with van der Waals surface area (Å²) in [6.07, 6.45) is 2.95. The number of halogens is 1. The topological polar surface area (TPSA) is 117 Å². The van der Waals surface area contributed by atoms with Crippen molar-refractivity contribution in [1.29, 1.82) is 0 Å². The SMILES string of the molecule is CC(=O)Nc1ccc(NC(=O)CN2CCCC(C(N)=O)(c3ccccn3)C2)c(Cl)c1. The lowest BCUT2D eigenvalue weighted by Gasteiger charge is -2.40. The Morgan fingerprint density at radius 2 is 2.03 bits per heavy atom. The molecule has 0 saturated carbocycles. The Kier molecular flexibility index (Phi) is 6.69. The summed E-state index contributed by atoms with van der Waals surface area (Å²) in [5.41, 5.74) is 6.46. The van der Waals surface area contributed by atoms with E-state index in [1.807, 2.05) is 11.0 Å². The number of hydrogen-bond donors (Lipinski definition) is 3. The smallest absolute Gasteiger partial charge is 0.238 e. The third kappa shape index (κ3) is 4.95. The molecule has 1 aromatic carbocycles. The molecule has 3 amide bonds. The molecular formula is C21H24ClN5O3. The van der Waals surface area contributed by atoms with Crippen molar-refractivity contribution in [3.63, 3.8) is 0 Å². The minimum atomic E-state index is -0.919. The van der Waals surface area contributed by atoms with Crippen molar-refractivity contribution >= 4 is 40.7 Å². The Morgan fingerprint density at radius 1 is 1.23 bits per heavy atom. The highest BCUT2D eigenvalue weighted by molar-refractivity contribution is 6.34. The summed E-state index contributed by atoms with van der Waals surface area (Å²) in [5, 5.41) is 5.72. The average molecular weight is 430 g/mol. The van der Waals surface area contributed by atoms with Crippen LogP contribution in [-0.4, -0.2) is 47.2 Å². The van der Waals surface area contributed by atoms with E-state index in [-0.39, 0.29) is 18.4 Å². The van der Waals surface area contributed by atoms with E-state index >= 15 is 0 Å². The highest BCUT2D eigenvalue weighted by atomic mass is 35.5. The van der Waals surface area contributed by atoms with E-state index in [0.29, 0.717) is 41.6 Å². The molecule has 1 aliphatic rings. The second kappa shape index (κ2) is 9.23. The summed E-state index contributed by atoms with van der Waals surface area (Å²) < 4.78 is 0. The van der Waals surface area contributed by atoms with Gasteiger partial charge in [-0.05, 0) is 49.7 Å². The zero-order valence-corrected chi connectivity index (χ0v) is 17.4. The maximum absolute atomic E-state index is 12.6. The number of primary amides is 1. The highest BCUT2D eigenvalue weighted by Gasteiger charge is 2.43. The molecule has 1 unspecified atom stereocenters. The van der Waals surface area contributed by atoms with Gasteiger partial charge in [-0.15, -0.1) is 0 Å². The van der Waals surface area contributed by atoms with E-state index in [1.165, 1.54) is 6.92 Å². The molecule has 30 heavy (non-hydrogen) atoms. The molecule has 0 spiro atoms. The lowest BCUT2D eigenvalue weighted by atomic mass is 9.76. The third-order valence-electron chi connectivity index (χ3n) is 5.13. The van der Waals surface area contributed by atoms with E-state index in [2.05, 4.69) is 15.6 Å². The van der Waals surface area contributed by atoms with E-state index in [1.54, 1.807) is 36.5 Å². The summed E-state index contributed by atoms with van der Waals surface area (Å²) in [5.74, 6) is -0.910. The van der Waals surface area contributed by atoms with Crippen LogP contribution in [0.2, 0.25) is 5.02 Å². The monoisotopic (exact) mass is 429 g/mol. The molecule has 1 saturated heterocycles. The van der Waals surface area contributed by atoms with E-state index < -0.39 is 11.3 Å². The number of anilines is 2. The van der Waals surface area contributed by atoms with Crippen molar-refractivity contribution in [1.82, 2.24) is 9.88 Å². The number of likely N-dealkylation sites (tertiary alicyclic amines) is 1. The number of aromatic nitrogens is 1. The molecule has 1 fully saturated rings. The van der Waals surface area contributed by atoms with Gasteiger partial charge in [0.25, 0.3) is 0 Å². The fraction of sp³-hybridized carbons (Fsp3) is 0.333. The van der Waals surface area contributed by atoms with Gasteiger partial charge >= 0.3 is 0 Å². The first-order chi connectivity index (χ1) is 14.3. The van der Waals surface area contributed by atoms with Crippen molar-refractivity contribution in [2.24, 2.45) is 5.73 Å². The van der Waals surface area contributed by atoms with Crippen LogP contribution in [-0.2, 0) is 19.8 Å². The predicted molar refractivity (Wildman–Crippen MR) is 115 cm³/mol. The molecule has 2 heterocycles. The van der Waals surface area contributed by atoms with Gasteiger partial charge < -0.3 is 16.4 Å². The fourth-order valence-electron chi connectivity index (χ4n) is 3.75. The summed E-state index contributed by atoms with van der Waals surface area (Å²) >= 11 is 6.22. The molecule has 0 bridgehead atoms. The van der Waals surface area contributed by atoms with Gasteiger partial charge in [-0.3, -0.25) is 24.3 Å². The van der Waals surface area contributed by atoms with Gasteiger partial charge in [0.1, 0.15) is 5.41 Å². The summed E-state index contributed by atoms with van der Waals surface area (Å²) in [6, 6.07) is 10.3. The van der Waals surface area contributed by atoms with Crippen LogP contribution in [0, 0.1) is 0 Å². The van der Waals surface area contributed by atoms with Crippen LogP contribution in [0.25, 0.3) is 0 Å². The van der Waals surface area contributed by atoms with Crippen molar-refractivity contribution in [2.45, 2.75) is 25.2 Å². The van der Waals surface area contributed by atoms with Gasteiger partial charge in [0.05, 0.1) is 22.9 Å². The van der Waals surface area contributed by atoms with Gasteiger partial charge in [-0.1, -0.05) is 17.7 Å². The summed E-state index contributed by atoms with van der Waals surface area (Å²) in [7, 11) is 0. The number of pyridine rings is 1. The molecule has 1 aromatic heterocycles. The highest BCUT2D eigenvalue weighted by Crippen LogP contribution is 2.33. The van der Waals surface area contributed by atoms with Gasteiger partial charge in [0, 0.05) is 25.4 Å².